The molecular weight excluding hydrogens is 392 g/mol. The van der Waals surface area contributed by atoms with Gasteiger partial charge in [-0.15, -0.1) is 0 Å². The molecule has 1 aliphatic rings. The van der Waals surface area contributed by atoms with Crippen LogP contribution in [0, 0.1) is 23.2 Å². The van der Waals surface area contributed by atoms with Crippen LogP contribution >= 0.6 is 0 Å². The normalized spacial score (nSPS) is 27.0. The van der Waals surface area contributed by atoms with Gasteiger partial charge in [-0.25, -0.2) is 0 Å². The second-order valence-electron chi connectivity index (χ2n) is 10.9. The van der Waals surface area contributed by atoms with Crippen molar-refractivity contribution in [2.75, 3.05) is 13.2 Å². The van der Waals surface area contributed by atoms with Gasteiger partial charge in [0.1, 0.15) is 0 Å². The molecule has 4 atom stereocenters. The minimum Gasteiger partial charge on any atom is -0.396 e. The Kier molecular flexibility index (Phi) is 13.5. The van der Waals surface area contributed by atoms with Crippen LogP contribution in [0.15, 0.2) is 46.6 Å². The number of hydrogen-bond acceptors (Lipinski definition) is 2. The summed E-state index contributed by atoms with van der Waals surface area (Å²) in [5.41, 5.74) is 5.72. The Morgan fingerprint density at radius 3 is 2.47 bits per heavy atom. The van der Waals surface area contributed by atoms with Gasteiger partial charge in [-0.2, -0.15) is 0 Å². The van der Waals surface area contributed by atoms with Crippen LogP contribution in [0.4, 0.5) is 0 Å². The number of rotatable bonds is 13. The highest BCUT2D eigenvalue weighted by atomic mass is 16.3. The third-order valence-electron chi connectivity index (χ3n) is 7.88. The number of hydrogen-bond donors (Lipinski definition) is 2. The molecule has 0 radical (unpaired) electrons. The van der Waals surface area contributed by atoms with Crippen molar-refractivity contribution in [3.63, 3.8) is 0 Å². The van der Waals surface area contributed by atoms with Gasteiger partial charge in [0.25, 0.3) is 0 Å². The quantitative estimate of drug-likeness (QED) is 0.281. The summed E-state index contributed by atoms with van der Waals surface area (Å²) >= 11 is 0. The molecule has 0 aliphatic heterocycles. The monoisotopic (exact) mass is 444 g/mol. The molecule has 0 heterocycles. The van der Waals surface area contributed by atoms with Gasteiger partial charge < -0.3 is 10.2 Å². The van der Waals surface area contributed by atoms with Gasteiger partial charge in [0.2, 0.25) is 0 Å². The minimum absolute atomic E-state index is 0.160. The first-order valence-electron chi connectivity index (χ1n) is 13.0. The molecule has 2 N–H and O–H groups in total. The second-order valence-corrected chi connectivity index (χ2v) is 10.9. The van der Waals surface area contributed by atoms with Crippen LogP contribution in [0.1, 0.15) is 106 Å². The molecule has 32 heavy (non-hydrogen) atoms. The first kappa shape index (κ1) is 28.9. The molecule has 2 heteroatoms. The van der Waals surface area contributed by atoms with Crippen LogP contribution in [0.3, 0.4) is 0 Å². The van der Waals surface area contributed by atoms with Crippen molar-refractivity contribution < 1.29 is 10.2 Å². The summed E-state index contributed by atoms with van der Waals surface area (Å²) in [7, 11) is 0. The lowest BCUT2D eigenvalue weighted by molar-refractivity contribution is 0.0674. The SMILES string of the molecule is CC(C)=CCC[C@H](C)/C=C/C/C(C)=C/CC[C@]1(C)[C@H](C)CC/C(=C(\C)CO)[C@H]1CCCO. The highest BCUT2D eigenvalue weighted by Crippen LogP contribution is 2.53. The maximum atomic E-state index is 9.78. The minimum atomic E-state index is 0.160. The van der Waals surface area contributed by atoms with E-state index < -0.39 is 0 Å². The van der Waals surface area contributed by atoms with Gasteiger partial charge in [-0.3, -0.25) is 0 Å². The molecule has 1 saturated carbocycles. The Morgan fingerprint density at radius 2 is 1.84 bits per heavy atom. The van der Waals surface area contributed by atoms with Crippen molar-refractivity contribution in [2.24, 2.45) is 23.2 Å². The lowest BCUT2D eigenvalue weighted by atomic mass is 9.56. The third kappa shape index (κ3) is 9.40. The number of aliphatic hydroxyl groups excluding tert-OH is 2. The first-order chi connectivity index (χ1) is 15.2. The average Bonchev–Trinajstić information content (AvgIpc) is 2.74. The van der Waals surface area contributed by atoms with Crippen LogP contribution in [0.5, 0.6) is 0 Å². The van der Waals surface area contributed by atoms with Crippen LogP contribution in [0.25, 0.3) is 0 Å². The largest absolute Gasteiger partial charge is 0.396 e. The fourth-order valence-electron chi connectivity index (χ4n) is 5.38. The molecule has 1 rings (SSSR count). The van der Waals surface area contributed by atoms with Crippen molar-refractivity contribution in [3.8, 4) is 0 Å². The summed E-state index contributed by atoms with van der Waals surface area (Å²) in [6, 6.07) is 0. The molecule has 184 valence electrons. The summed E-state index contributed by atoms with van der Waals surface area (Å²) < 4.78 is 0. The topological polar surface area (TPSA) is 40.5 Å². The Bertz CT molecular complexity index is 662. The van der Waals surface area contributed by atoms with Gasteiger partial charge in [-0.1, -0.05) is 61.8 Å². The van der Waals surface area contributed by atoms with E-state index in [-0.39, 0.29) is 18.6 Å². The standard InChI is InChI=1S/C30H52O2/c1-23(2)12-8-13-24(3)14-9-15-25(4)16-10-20-30(7)27(6)18-19-28(26(5)22-32)29(30)17-11-21-31/h9,12,14,16,24,27,29,31-32H,8,10-11,13,15,17-22H2,1-7H3/b14-9+,25-16+,28-26-/t24-,27+,29+,30+/m0/s1. The van der Waals surface area contributed by atoms with Crippen LogP contribution in [-0.4, -0.2) is 23.4 Å². The van der Waals surface area contributed by atoms with E-state index in [1.165, 1.54) is 42.4 Å². The van der Waals surface area contributed by atoms with Gasteiger partial charge in [0.05, 0.1) is 6.61 Å². The van der Waals surface area contributed by atoms with E-state index in [0.717, 1.165) is 37.7 Å². The molecule has 0 aromatic carbocycles. The van der Waals surface area contributed by atoms with Crippen molar-refractivity contribution in [2.45, 2.75) is 106 Å². The van der Waals surface area contributed by atoms with E-state index in [0.29, 0.717) is 17.8 Å². The molecule has 0 amide bonds. The van der Waals surface area contributed by atoms with Gasteiger partial charge in [-0.05, 0) is 114 Å². The predicted molar refractivity (Wildman–Crippen MR) is 141 cm³/mol. The molecule has 0 aromatic rings. The lowest BCUT2D eigenvalue weighted by Gasteiger charge is -2.49. The van der Waals surface area contributed by atoms with E-state index in [9.17, 15) is 10.2 Å². The van der Waals surface area contributed by atoms with Crippen LogP contribution in [0.2, 0.25) is 0 Å². The zero-order valence-corrected chi connectivity index (χ0v) is 22.2. The number of allylic oxidation sites excluding steroid dienone is 7. The summed E-state index contributed by atoms with van der Waals surface area (Å²) in [5.74, 6) is 1.77. The van der Waals surface area contributed by atoms with E-state index in [1.807, 2.05) is 0 Å². The fraction of sp³-hybridized carbons (Fsp3) is 0.733. The fourth-order valence-corrected chi connectivity index (χ4v) is 5.38. The Morgan fingerprint density at radius 1 is 1.12 bits per heavy atom. The molecule has 0 saturated heterocycles. The third-order valence-corrected chi connectivity index (χ3v) is 7.88. The summed E-state index contributed by atoms with van der Waals surface area (Å²) in [6.45, 7) is 16.3. The molecule has 0 spiro atoms. The molecule has 0 bridgehead atoms. The molecule has 2 nitrogen and oxygen atoms in total. The summed E-state index contributed by atoms with van der Waals surface area (Å²) in [6.07, 6.45) is 19.4. The summed E-state index contributed by atoms with van der Waals surface area (Å²) in [5, 5.41) is 19.3. The Balaban J connectivity index is 2.73. The van der Waals surface area contributed by atoms with Gasteiger partial charge in [0, 0.05) is 6.61 Å². The molecule has 1 aliphatic carbocycles. The zero-order chi connectivity index (χ0) is 24.1. The predicted octanol–water partition coefficient (Wildman–Crippen LogP) is 8.18. The van der Waals surface area contributed by atoms with Crippen molar-refractivity contribution in [1.29, 1.82) is 0 Å². The maximum Gasteiger partial charge on any atom is 0.0641 e. The van der Waals surface area contributed by atoms with Crippen molar-refractivity contribution in [3.05, 3.63) is 46.6 Å². The number of aliphatic hydroxyl groups is 2. The molecule has 1 fully saturated rings. The van der Waals surface area contributed by atoms with Gasteiger partial charge in [0.15, 0.2) is 0 Å². The average molecular weight is 445 g/mol. The second kappa shape index (κ2) is 14.9. The maximum absolute atomic E-state index is 9.78. The Labute approximate surface area is 199 Å². The van der Waals surface area contributed by atoms with Gasteiger partial charge >= 0.3 is 0 Å². The molecular formula is C30H52O2. The molecule has 0 unspecified atom stereocenters. The van der Waals surface area contributed by atoms with E-state index in [4.69, 9.17) is 0 Å². The highest BCUT2D eigenvalue weighted by molar-refractivity contribution is 5.22. The van der Waals surface area contributed by atoms with E-state index in [1.54, 1.807) is 0 Å². The van der Waals surface area contributed by atoms with E-state index >= 15 is 0 Å². The van der Waals surface area contributed by atoms with Crippen LogP contribution in [-0.2, 0) is 0 Å². The van der Waals surface area contributed by atoms with Crippen molar-refractivity contribution >= 4 is 0 Å². The zero-order valence-electron chi connectivity index (χ0n) is 22.2. The lowest BCUT2D eigenvalue weighted by Crippen LogP contribution is -2.39. The Hall–Kier alpha value is -1.12. The van der Waals surface area contributed by atoms with Crippen LogP contribution < -0.4 is 0 Å². The smallest absolute Gasteiger partial charge is 0.0641 e. The van der Waals surface area contributed by atoms with E-state index in [2.05, 4.69) is 72.8 Å². The first-order valence-corrected chi connectivity index (χ1v) is 13.0. The highest BCUT2D eigenvalue weighted by Gasteiger charge is 2.43. The van der Waals surface area contributed by atoms with Crippen molar-refractivity contribution in [1.82, 2.24) is 0 Å². The summed E-state index contributed by atoms with van der Waals surface area (Å²) in [4.78, 5) is 0. The molecule has 0 aromatic heterocycles.